The summed E-state index contributed by atoms with van der Waals surface area (Å²) < 4.78 is 7.03. The summed E-state index contributed by atoms with van der Waals surface area (Å²) in [5, 5.41) is 0. The first-order chi connectivity index (χ1) is 12.2. The number of nitrogens with zero attached hydrogens (tertiary/aromatic N) is 4. The predicted octanol–water partition coefficient (Wildman–Crippen LogP) is 2.57. The lowest BCUT2D eigenvalue weighted by Crippen LogP contribution is -2.36. The monoisotopic (exact) mass is 338 g/mol. The lowest BCUT2D eigenvalue weighted by molar-refractivity contribution is 0.203. The highest BCUT2D eigenvalue weighted by molar-refractivity contribution is 5.72. The lowest BCUT2D eigenvalue weighted by Gasteiger charge is -2.31. The van der Waals surface area contributed by atoms with Crippen molar-refractivity contribution >= 4 is 11.1 Å². The molecule has 0 spiro atoms. The zero-order chi connectivity index (χ0) is 17.2. The van der Waals surface area contributed by atoms with Gasteiger partial charge in [-0.1, -0.05) is 12.1 Å². The smallest absolute Gasteiger partial charge is 0.408 e. The van der Waals surface area contributed by atoms with Crippen LogP contribution in [0.4, 0.5) is 0 Å². The quantitative estimate of drug-likeness (QED) is 0.731. The van der Waals surface area contributed by atoms with E-state index in [1.54, 1.807) is 4.57 Å². The fourth-order valence-corrected chi connectivity index (χ4v) is 3.62. The molecule has 1 saturated heterocycles. The molecule has 0 aliphatic carbocycles. The maximum Gasteiger partial charge on any atom is 0.419 e. The molecule has 3 heterocycles. The van der Waals surface area contributed by atoms with E-state index in [9.17, 15) is 4.79 Å². The van der Waals surface area contributed by atoms with Crippen molar-refractivity contribution < 1.29 is 4.42 Å². The third-order valence-electron chi connectivity index (χ3n) is 5.02. The molecule has 4 rings (SSSR count). The van der Waals surface area contributed by atoms with Crippen LogP contribution in [0.15, 0.2) is 45.7 Å². The SMILES string of the molecule is Cc1nccc(C2CCN(CCn3c(=O)oc4ccccc43)CC2)n1. The largest absolute Gasteiger partial charge is 0.419 e. The van der Waals surface area contributed by atoms with Crippen LogP contribution in [0.3, 0.4) is 0 Å². The van der Waals surface area contributed by atoms with Gasteiger partial charge in [0.1, 0.15) is 5.82 Å². The number of piperidine rings is 1. The van der Waals surface area contributed by atoms with E-state index in [0.717, 1.165) is 49.5 Å². The minimum absolute atomic E-state index is 0.271. The van der Waals surface area contributed by atoms with Crippen LogP contribution in [-0.4, -0.2) is 39.1 Å². The molecule has 0 saturated carbocycles. The summed E-state index contributed by atoms with van der Waals surface area (Å²) in [5.74, 6) is 1.08. The van der Waals surface area contributed by atoms with Gasteiger partial charge < -0.3 is 9.32 Å². The molecule has 6 nitrogen and oxygen atoms in total. The van der Waals surface area contributed by atoms with Crippen molar-refractivity contribution in [3.63, 3.8) is 0 Å². The molecule has 0 atom stereocenters. The van der Waals surface area contributed by atoms with Gasteiger partial charge in [0.05, 0.1) is 5.52 Å². The molecule has 1 fully saturated rings. The van der Waals surface area contributed by atoms with E-state index in [1.165, 1.54) is 0 Å². The number of rotatable bonds is 4. The molecular weight excluding hydrogens is 316 g/mol. The van der Waals surface area contributed by atoms with Crippen molar-refractivity contribution in [2.24, 2.45) is 0 Å². The molecule has 0 N–H and O–H groups in total. The van der Waals surface area contributed by atoms with Crippen molar-refractivity contribution in [2.75, 3.05) is 19.6 Å². The first kappa shape index (κ1) is 16.0. The van der Waals surface area contributed by atoms with Crippen LogP contribution in [0.25, 0.3) is 11.1 Å². The van der Waals surface area contributed by atoms with Gasteiger partial charge in [0.2, 0.25) is 0 Å². The summed E-state index contributed by atoms with van der Waals surface area (Å²) in [6.07, 6.45) is 4.04. The first-order valence-corrected chi connectivity index (χ1v) is 8.81. The molecule has 25 heavy (non-hydrogen) atoms. The first-order valence-electron chi connectivity index (χ1n) is 8.81. The molecule has 2 aromatic heterocycles. The van der Waals surface area contributed by atoms with Crippen LogP contribution in [0, 0.1) is 6.92 Å². The Morgan fingerprint density at radius 2 is 1.96 bits per heavy atom. The van der Waals surface area contributed by atoms with Crippen molar-refractivity contribution in [2.45, 2.75) is 32.2 Å². The third kappa shape index (κ3) is 3.35. The number of fused-ring (bicyclic) bond motifs is 1. The highest BCUT2D eigenvalue weighted by atomic mass is 16.4. The van der Waals surface area contributed by atoms with Crippen LogP contribution < -0.4 is 5.76 Å². The molecule has 1 aliphatic rings. The lowest BCUT2D eigenvalue weighted by atomic mass is 9.93. The van der Waals surface area contributed by atoms with Gasteiger partial charge in [0.15, 0.2) is 5.58 Å². The van der Waals surface area contributed by atoms with Crippen LogP contribution in [0.1, 0.15) is 30.3 Å². The Kier molecular flexibility index (Phi) is 4.36. The number of para-hydroxylation sites is 2. The van der Waals surface area contributed by atoms with Gasteiger partial charge in [0, 0.05) is 30.9 Å². The van der Waals surface area contributed by atoms with Gasteiger partial charge >= 0.3 is 5.76 Å². The minimum atomic E-state index is -0.271. The summed E-state index contributed by atoms with van der Waals surface area (Å²) >= 11 is 0. The number of likely N-dealkylation sites (tertiary alicyclic amines) is 1. The molecule has 1 aromatic carbocycles. The van der Waals surface area contributed by atoms with Crippen molar-refractivity contribution in [1.29, 1.82) is 0 Å². The van der Waals surface area contributed by atoms with Crippen LogP contribution in [0.5, 0.6) is 0 Å². The number of hydrogen-bond donors (Lipinski definition) is 0. The second-order valence-electron chi connectivity index (χ2n) is 6.63. The van der Waals surface area contributed by atoms with Crippen molar-refractivity contribution in [3.8, 4) is 0 Å². The van der Waals surface area contributed by atoms with Crippen LogP contribution in [0.2, 0.25) is 0 Å². The molecule has 0 radical (unpaired) electrons. The Hall–Kier alpha value is -2.47. The minimum Gasteiger partial charge on any atom is -0.408 e. The van der Waals surface area contributed by atoms with Gasteiger partial charge in [-0.15, -0.1) is 0 Å². The van der Waals surface area contributed by atoms with Crippen molar-refractivity contribution in [1.82, 2.24) is 19.4 Å². The molecular formula is C19H22N4O2. The van der Waals surface area contributed by atoms with E-state index in [4.69, 9.17) is 4.42 Å². The Bertz CT molecular complexity index is 922. The number of aromatic nitrogens is 3. The van der Waals surface area contributed by atoms with E-state index in [-0.39, 0.29) is 5.76 Å². The summed E-state index contributed by atoms with van der Waals surface area (Å²) in [5.41, 5.74) is 2.69. The van der Waals surface area contributed by atoms with E-state index >= 15 is 0 Å². The van der Waals surface area contributed by atoms with Crippen LogP contribution in [-0.2, 0) is 6.54 Å². The van der Waals surface area contributed by atoms with E-state index < -0.39 is 0 Å². The molecule has 0 bridgehead atoms. The summed E-state index contributed by atoms with van der Waals surface area (Å²) in [4.78, 5) is 23.2. The zero-order valence-corrected chi connectivity index (χ0v) is 14.4. The molecule has 0 unspecified atom stereocenters. The molecule has 6 heteroatoms. The summed E-state index contributed by atoms with van der Waals surface area (Å²) in [6.45, 7) is 5.51. The molecule has 0 amide bonds. The second kappa shape index (κ2) is 6.80. The highest BCUT2D eigenvalue weighted by Crippen LogP contribution is 2.26. The van der Waals surface area contributed by atoms with Gasteiger partial charge in [-0.25, -0.2) is 14.8 Å². The van der Waals surface area contributed by atoms with E-state index in [1.807, 2.05) is 43.5 Å². The predicted molar refractivity (Wildman–Crippen MR) is 95.7 cm³/mol. The fraction of sp³-hybridized carbons (Fsp3) is 0.421. The maximum absolute atomic E-state index is 12.0. The Labute approximate surface area is 146 Å². The molecule has 1 aliphatic heterocycles. The maximum atomic E-state index is 12.0. The fourth-order valence-electron chi connectivity index (χ4n) is 3.62. The molecule has 3 aromatic rings. The zero-order valence-electron chi connectivity index (χ0n) is 14.4. The highest BCUT2D eigenvalue weighted by Gasteiger charge is 2.22. The van der Waals surface area contributed by atoms with Crippen LogP contribution >= 0.6 is 0 Å². The average Bonchev–Trinajstić information content (AvgIpc) is 2.95. The Morgan fingerprint density at radius 3 is 2.76 bits per heavy atom. The van der Waals surface area contributed by atoms with Gasteiger partial charge in [-0.05, 0) is 51.1 Å². The second-order valence-corrected chi connectivity index (χ2v) is 6.63. The van der Waals surface area contributed by atoms with Gasteiger partial charge in [0.25, 0.3) is 0 Å². The number of hydrogen-bond acceptors (Lipinski definition) is 5. The van der Waals surface area contributed by atoms with E-state index in [2.05, 4.69) is 14.9 Å². The van der Waals surface area contributed by atoms with E-state index in [0.29, 0.717) is 18.0 Å². The topological polar surface area (TPSA) is 64.2 Å². The third-order valence-corrected chi connectivity index (χ3v) is 5.02. The number of aryl methyl sites for hydroxylation is 1. The van der Waals surface area contributed by atoms with Gasteiger partial charge in [-0.2, -0.15) is 0 Å². The number of benzene rings is 1. The van der Waals surface area contributed by atoms with Crippen molar-refractivity contribution in [3.05, 3.63) is 58.6 Å². The Balaban J connectivity index is 1.37. The summed E-state index contributed by atoms with van der Waals surface area (Å²) in [6, 6.07) is 9.62. The normalized spacial score (nSPS) is 16.5. The Morgan fingerprint density at radius 1 is 1.16 bits per heavy atom. The van der Waals surface area contributed by atoms with Gasteiger partial charge in [-0.3, -0.25) is 4.57 Å². The average molecular weight is 338 g/mol. The standard InChI is InChI=1S/C19H22N4O2/c1-14-20-9-6-16(21-14)15-7-10-22(11-8-15)12-13-23-17-4-2-3-5-18(17)25-19(23)24/h2-6,9,15H,7-8,10-13H2,1H3. The number of oxazole rings is 1. The summed E-state index contributed by atoms with van der Waals surface area (Å²) in [7, 11) is 0. The molecule has 130 valence electrons.